The van der Waals surface area contributed by atoms with E-state index in [1.54, 1.807) is 13.8 Å². The summed E-state index contributed by atoms with van der Waals surface area (Å²) in [5.41, 5.74) is -2.14. The number of benzene rings is 1. The normalized spacial score (nSPS) is 12.1. The molecule has 0 aliphatic heterocycles. The van der Waals surface area contributed by atoms with Gasteiger partial charge in [-0.1, -0.05) is 0 Å². The zero-order chi connectivity index (χ0) is 16.9. The summed E-state index contributed by atoms with van der Waals surface area (Å²) < 4.78 is 38.6. The third kappa shape index (κ3) is 4.20. The minimum absolute atomic E-state index is 0.0154. The van der Waals surface area contributed by atoms with Crippen molar-refractivity contribution in [3.63, 3.8) is 0 Å². The smallest absolute Gasteiger partial charge is 0.420 e. The van der Waals surface area contributed by atoms with Crippen molar-refractivity contribution in [2.75, 3.05) is 13.1 Å². The predicted octanol–water partition coefficient (Wildman–Crippen LogP) is 3.13. The van der Waals surface area contributed by atoms with E-state index >= 15 is 0 Å². The molecule has 0 fully saturated rings. The highest BCUT2D eigenvalue weighted by atomic mass is 19.4. The maximum atomic E-state index is 12.9. The maximum absolute atomic E-state index is 12.9. The minimum Gasteiger partial charge on any atom is -0.569 e. The molecule has 122 valence electrons. The number of non-ortho nitro benzene ring substituents is 1. The largest absolute Gasteiger partial charge is 0.569 e. The maximum Gasteiger partial charge on any atom is 0.420 e. The molecule has 0 aliphatic rings. The molecule has 1 aromatic carbocycles. The van der Waals surface area contributed by atoms with Crippen molar-refractivity contribution in [2.24, 2.45) is 5.28 Å². The Labute approximate surface area is 123 Å². The number of nitro groups is 1. The summed E-state index contributed by atoms with van der Waals surface area (Å²) in [7, 11) is 0. The lowest BCUT2D eigenvalue weighted by Gasteiger charge is -2.14. The molecule has 11 heteroatoms. The number of rotatable bonds is 6. The first-order chi connectivity index (χ1) is 10.2. The summed E-state index contributed by atoms with van der Waals surface area (Å²) in [6, 6.07) is 1.88. The molecule has 0 N–H and O–H groups in total. The van der Waals surface area contributed by atoms with Crippen LogP contribution in [0.15, 0.2) is 23.5 Å². The molecule has 0 spiro atoms. The van der Waals surface area contributed by atoms with E-state index in [1.807, 2.05) is 0 Å². The molecule has 0 bridgehead atoms. The molecule has 0 aromatic heterocycles. The minimum atomic E-state index is -4.89. The second-order valence-corrected chi connectivity index (χ2v) is 4.00. The van der Waals surface area contributed by atoms with Crippen LogP contribution in [-0.2, 0) is 6.18 Å². The fraction of sp³-hybridized carbons (Fsp3) is 0.455. The first kappa shape index (κ1) is 17.5. The van der Waals surface area contributed by atoms with Crippen LogP contribution in [0.2, 0.25) is 0 Å². The number of hydrogen-bond acceptors (Lipinski definition) is 5. The van der Waals surface area contributed by atoms with Crippen molar-refractivity contribution in [3.8, 4) is 5.75 Å². The Morgan fingerprint density at radius 3 is 2.32 bits per heavy atom. The molecule has 0 atom stereocenters. The number of nitrogens with zero attached hydrogens (tertiary/aromatic N) is 4. The monoisotopic (exact) mass is 322 g/mol. The quantitative estimate of drug-likeness (QED) is 0.347. The highest BCUT2D eigenvalue weighted by Crippen LogP contribution is 2.38. The van der Waals surface area contributed by atoms with Gasteiger partial charge in [-0.2, -0.15) is 13.2 Å². The van der Waals surface area contributed by atoms with Crippen molar-refractivity contribution in [1.29, 1.82) is 0 Å². The van der Waals surface area contributed by atoms with Crippen molar-refractivity contribution in [3.05, 3.63) is 39.1 Å². The highest BCUT2D eigenvalue weighted by Gasteiger charge is 2.36. The van der Waals surface area contributed by atoms with E-state index in [0.29, 0.717) is 6.07 Å². The van der Waals surface area contributed by atoms with Crippen molar-refractivity contribution in [1.82, 2.24) is 5.01 Å². The Kier molecular flexibility index (Phi) is 5.49. The Morgan fingerprint density at radius 1 is 1.27 bits per heavy atom. The van der Waals surface area contributed by atoms with Crippen LogP contribution < -0.4 is 4.84 Å². The van der Waals surface area contributed by atoms with Crippen LogP contribution in [0.3, 0.4) is 0 Å². The lowest BCUT2D eigenvalue weighted by molar-refractivity contribution is -0.706. The van der Waals surface area contributed by atoms with Gasteiger partial charge in [0, 0.05) is 12.1 Å². The molecule has 0 amide bonds. The average molecular weight is 322 g/mol. The van der Waals surface area contributed by atoms with Crippen molar-refractivity contribution < 1.29 is 27.9 Å². The van der Waals surface area contributed by atoms with Crippen LogP contribution in [0.1, 0.15) is 19.4 Å². The molecule has 0 saturated carbocycles. The molecule has 1 aromatic rings. The summed E-state index contributed by atoms with van der Waals surface area (Å²) in [6.45, 7) is 3.85. The number of hydrogen-bond donors (Lipinski definition) is 0. The van der Waals surface area contributed by atoms with Crippen LogP contribution in [0.25, 0.3) is 0 Å². The van der Waals surface area contributed by atoms with Crippen LogP contribution in [0, 0.1) is 15.3 Å². The second-order valence-electron chi connectivity index (χ2n) is 4.00. The molecule has 0 heterocycles. The fourth-order valence-electron chi connectivity index (χ4n) is 1.53. The van der Waals surface area contributed by atoms with Gasteiger partial charge in [0.25, 0.3) is 5.69 Å². The van der Waals surface area contributed by atoms with E-state index in [1.165, 1.54) is 0 Å². The first-order valence-electron chi connectivity index (χ1n) is 6.16. The number of halogens is 3. The number of alkyl halides is 3. The molecule has 8 nitrogen and oxygen atoms in total. The van der Waals surface area contributed by atoms with Crippen LogP contribution in [-0.4, -0.2) is 28.0 Å². The first-order valence-corrected chi connectivity index (χ1v) is 6.16. The Hall–Kier alpha value is -2.59. The van der Waals surface area contributed by atoms with Gasteiger partial charge in [0.05, 0.1) is 23.0 Å². The molecule has 22 heavy (non-hydrogen) atoms. The summed E-state index contributed by atoms with van der Waals surface area (Å²) in [5, 5.41) is 26.2. The third-order valence-corrected chi connectivity index (χ3v) is 2.66. The van der Waals surface area contributed by atoms with Gasteiger partial charge < -0.3 is 10.0 Å². The molecule has 0 unspecified atom stereocenters. The van der Waals surface area contributed by atoms with Gasteiger partial charge >= 0.3 is 6.18 Å². The zero-order valence-electron chi connectivity index (χ0n) is 11.7. The fourth-order valence-corrected chi connectivity index (χ4v) is 1.53. The van der Waals surface area contributed by atoms with E-state index in [2.05, 4.69) is 10.1 Å². The number of nitro benzene ring substituents is 1. The Bertz CT molecular complexity index is 573. The summed E-state index contributed by atoms with van der Waals surface area (Å²) in [6.07, 6.45) is -4.89. The SMILES string of the molecule is CCN(CC)/[N+]([O-])=N/Oc1ccc([N+](=O)[O-])cc1C(F)(F)F. The Morgan fingerprint density at radius 2 is 1.86 bits per heavy atom. The predicted molar refractivity (Wildman–Crippen MR) is 67.7 cm³/mol. The molecule has 0 aliphatic carbocycles. The molecular formula is C11H13F3N4O4. The van der Waals surface area contributed by atoms with Crippen molar-refractivity contribution >= 4 is 5.69 Å². The molecule has 1 rings (SSSR count). The standard InChI is InChI=1S/C11H13F3N4O4/c1-3-16(4-2)18(21)15-22-10-6-5-8(17(19)20)7-9(10)11(12,13)14/h5-7H,3-4H2,1-2H3/b18-15-. The van der Waals surface area contributed by atoms with Gasteiger partial charge in [0.2, 0.25) is 5.28 Å². The summed E-state index contributed by atoms with van der Waals surface area (Å²) in [4.78, 5) is 14.1. The second kappa shape index (κ2) is 6.91. The van der Waals surface area contributed by atoms with Gasteiger partial charge in [-0.15, -0.1) is 5.01 Å². The third-order valence-electron chi connectivity index (χ3n) is 2.66. The summed E-state index contributed by atoms with van der Waals surface area (Å²) in [5.74, 6) is -0.800. The molecular weight excluding hydrogens is 309 g/mol. The van der Waals surface area contributed by atoms with Gasteiger partial charge in [-0.05, 0) is 19.9 Å². The van der Waals surface area contributed by atoms with Crippen LogP contribution >= 0.6 is 0 Å². The zero-order valence-corrected chi connectivity index (χ0v) is 11.7. The number of hydrazine groups is 1. The van der Waals surface area contributed by atoms with Gasteiger partial charge in [-0.3, -0.25) is 10.1 Å². The van der Waals surface area contributed by atoms with E-state index in [0.717, 1.165) is 17.1 Å². The van der Waals surface area contributed by atoms with Crippen LogP contribution in [0.5, 0.6) is 5.75 Å². The Balaban J connectivity index is 3.14. The highest BCUT2D eigenvalue weighted by molar-refractivity contribution is 5.45. The summed E-state index contributed by atoms with van der Waals surface area (Å²) >= 11 is 0. The van der Waals surface area contributed by atoms with Gasteiger partial charge in [0.1, 0.15) is 5.56 Å². The lowest BCUT2D eigenvalue weighted by atomic mass is 10.1. The van der Waals surface area contributed by atoms with E-state index < -0.39 is 28.1 Å². The van der Waals surface area contributed by atoms with E-state index in [9.17, 15) is 28.5 Å². The lowest BCUT2D eigenvalue weighted by Crippen LogP contribution is -2.30. The topological polar surface area (TPSA) is 94.0 Å². The van der Waals surface area contributed by atoms with E-state index in [4.69, 9.17) is 0 Å². The van der Waals surface area contributed by atoms with Crippen LogP contribution in [0.4, 0.5) is 18.9 Å². The van der Waals surface area contributed by atoms with Gasteiger partial charge in [-0.25, -0.2) is 0 Å². The molecule has 0 radical (unpaired) electrons. The van der Waals surface area contributed by atoms with Gasteiger partial charge in [0.15, 0.2) is 5.75 Å². The molecule has 0 saturated heterocycles. The average Bonchev–Trinajstić information content (AvgIpc) is 2.45. The van der Waals surface area contributed by atoms with E-state index in [-0.39, 0.29) is 18.1 Å². The van der Waals surface area contributed by atoms with Crippen molar-refractivity contribution in [2.45, 2.75) is 20.0 Å².